The molecule has 2 aromatic rings. The van der Waals surface area contributed by atoms with Crippen LogP contribution in [0.3, 0.4) is 0 Å². The van der Waals surface area contributed by atoms with Crippen LogP contribution in [-0.2, 0) is 17.7 Å². The van der Waals surface area contributed by atoms with Crippen LogP contribution in [0.25, 0.3) is 11.4 Å². The Bertz CT molecular complexity index is 685. The highest BCUT2D eigenvalue weighted by molar-refractivity contribution is 5.60. The lowest BCUT2D eigenvalue weighted by molar-refractivity contribution is 0.122. The van der Waals surface area contributed by atoms with Gasteiger partial charge in [0.15, 0.2) is 5.82 Å². The van der Waals surface area contributed by atoms with Gasteiger partial charge in [-0.2, -0.15) is 0 Å². The predicted octanol–water partition coefficient (Wildman–Crippen LogP) is 1.36. The molecule has 0 aromatic carbocycles. The molecule has 2 aliphatic rings. The molecule has 0 radical (unpaired) electrons. The third kappa shape index (κ3) is 2.92. The second kappa shape index (κ2) is 6.22. The molecule has 1 fully saturated rings. The summed E-state index contributed by atoms with van der Waals surface area (Å²) in [6, 6.07) is 3.94. The van der Waals surface area contributed by atoms with E-state index < -0.39 is 0 Å². The number of nitrogens with zero attached hydrogens (tertiary/aromatic N) is 5. The van der Waals surface area contributed by atoms with Crippen molar-refractivity contribution in [3.05, 3.63) is 35.8 Å². The fraction of sp³-hybridized carbons (Fsp3) is 0.471. The third-order valence-electron chi connectivity index (χ3n) is 4.48. The summed E-state index contributed by atoms with van der Waals surface area (Å²) in [5.41, 5.74) is 3.49. The monoisotopic (exact) mass is 311 g/mol. The highest BCUT2D eigenvalue weighted by atomic mass is 16.5. The molecule has 6 heteroatoms. The number of pyridine rings is 1. The van der Waals surface area contributed by atoms with Crippen molar-refractivity contribution in [2.45, 2.75) is 13.0 Å². The molecular formula is C17H21N5O. The van der Waals surface area contributed by atoms with Crippen molar-refractivity contribution in [1.29, 1.82) is 0 Å². The molecule has 0 unspecified atom stereocenters. The van der Waals surface area contributed by atoms with Crippen LogP contribution >= 0.6 is 0 Å². The second-order valence-corrected chi connectivity index (χ2v) is 6.12. The maximum atomic E-state index is 5.50. The van der Waals surface area contributed by atoms with Crippen LogP contribution in [0.1, 0.15) is 11.3 Å². The first-order chi connectivity index (χ1) is 11.3. The fourth-order valence-electron chi connectivity index (χ4n) is 3.20. The smallest absolute Gasteiger partial charge is 0.161 e. The van der Waals surface area contributed by atoms with Gasteiger partial charge in [0.05, 0.1) is 18.9 Å². The van der Waals surface area contributed by atoms with Gasteiger partial charge < -0.3 is 14.5 Å². The van der Waals surface area contributed by atoms with Crippen LogP contribution in [-0.4, -0.2) is 59.7 Å². The molecule has 23 heavy (non-hydrogen) atoms. The Balaban J connectivity index is 1.81. The molecule has 0 aliphatic carbocycles. The molecule has 0 spiro atoms. The summed E-state index contributed by atoms with van der Waals surface area (Å²) in [6.45, 7) is 5.27. The number of hydrogen-bond donors (Lipinski definition) is 0. The van der Waals surface area contributed by atoms with Crippen molar-refractivity contribution in [3.63, 3.8) is 0 Å². The Kier molecular flexibility index (Phi) is 3.93. The molecule has 120 valence electrons. The van der Waals surface area contributed by atoms with E-state index in [9.17, 15) is 0 Å². The topological polar surface area (TPSA) is 54.4 Å². The second-order valence-electron chi connectivity index (χ2n) is 6.12. The number of likely N-dealkylation sites (N-methyl/N-ethyl adjacent to an activating group) is 1. The minimum Gasteiger partial charge on any atom is -0.378 e. The van der Waals surface area contributed by atoms with Crippen molar-refractivity contribution in [2.75, 3.05) is 44.8 Å². The molecule has 0 N–H and O–H groups in total. The molecule has 0 atom stereocenters. The van der Waals surface area contributed by atoms with Crippen molar-refractivity contribution < 1.29 is 4.74 Å². The number of hydrogen-bond acceptors (Lipinski definition) is 6. The number of ether oxygens (including phenoxy) is 1. The minimum atomic E-state index is 0.763. The predicted molar refractivity (Wildman–Crippen MR) is 88.3 cm³/mol. The normalized spacial score (nSPS) is 18.7. The first-order valence-electron chi connectivity index (χ1n) is 8.13. The molecular weight excluding hydrogens is 290 g/mol. The number of morpholine rings is 1. The first kappa shape index (κ1) is 14.5. The van der Waals surface area contributed by atoms with Gasteiger partial charge in [0, 0.05) is 56.1 Å². The Morgan fingerprint density at radius 3 is 2.61 bits per heavy atom. The molecule has 2 aliphatic heterocycles. The van der Waals surface area contributed by atoms with Gasteiger partial charge in [-0.3, -0.25) is 4.98 Å². The summed E-state index contributed by atoms with van der Waals surface area (Å²) in [7, 11) is 2.16. The third-order valence-corrected chi connectivity index (χ3v) is 4.48. The standard InChI is InChI=1S/C17H21N5O/c1-21-7-4-15-14(12-21)17(22-8-10-23-11-9-22)20-16(19-15)13-2-5-18-6-3-13/h2-3,5-6H,4,7-12H2,1H3. The van der Waals surface area contributed by atoms with E-state index >= 15 is 0 Å². The number of aromatic nitrogens is 3. The lowest BCUT2D eigenvalue weighted by Crippen LogP contribution is -2.39. The van der Waals surface area contributed by atoms with Gasteiger partial charge in [0.1, 0.15) is 5.82 Å². The SMILES string of the molecule is CN1CCc2nc(-c3ccncc3)nc(N3CCOCC3)c2C1. The summed E-state index contributed by atoms with van der Waals surface area (Å²) in [6.07, 6.45) is 4.56. The van der Waals surface area contributed by atoms with Crippen molar-refractivity contribution in [1.82, 2.24) is 19.9 Å². The van der Waals surface area contributed by atoms with Crippen LogP contribution in [0.4, 0.5) is 5.82 Å². The average molecular weight is 311 g/mol. The molecule has 0 saturated carbocycles. The van der Waals surface area contributed by atoms with Gasteiger partial charge in [-0.05, 0) is 19.2 Å². The van der Waals surface area contributed by atoms with E-state index in [-0.39, 0.29) is 0 Å². The van der Waals surface area contributed by atoms with Crippen molar-refractivity contribution in [3.8, 4) is 11.4 Å². The van der Waals surface area contributed by atoms with Crippen molar-refractivity contribution in [2.24, 2.45) is 0 Å². The Morgan fingerprint density at radius 1 is 1.04 bits per heavy atom. The molecule has 2 aromatic heterocycles. The molecule has 0 bridgehead atoms. The maximum Gasteiger partial charge on any atom is 0.161 e. The van der Waals surface area contributed by atoms with Gasteiger partial charge in [-0.1, -0.05) is 0 Å². The summed E-state index contributed by atoms with van der Waals surface area (Å²) in [4.78, 5) is 18.5. The van der Waals surface area contributed by atoms with Gasteiger partial charge in [-0.25, -0.2) is 9.97 Å². The maximum absolute atomic E-state index is 5.50. The zero-order valence-corrected chi connectivity index (χ0v) is 13.4. The Hall–Kier alpha value is -2.05. The van der Waals surface area contributed by atoms with E-state index in [1.807, 2.05) is 12.1 Å². The van der Waals surface area contributed by atoms with E-state index in [0.717, 1.165) is 63.0 Å². The van der Waals surface area contributed by atoms with Crippen molar-refractivity contribution >= 4 is 5.82 Å². The molecule has 4 rings (SSSR count). The van der Waals surface area contributed by atoms with Gasteiger partial charge in [0.25, 0.3) is 0 Å². The van der Waals surface area contributed by atoms with E-state index in [2.05, 4.69) is 21.8 Å². The zero-order chi connectivity index (χ0) is 15.6. The highest BCUT2D eigenvalue weighted by Gasteiger charge is 2.25. The van der Waals surface area contributed by atoms with Crippen LogP contribution in [0.15, 0.2) is 24.5 Å². The van der Waals surface area contributed by atoms with Crippen LogP contribution < -0.4 is 4.90 Å². The highest BCUT2D eigenvalue weighted by Crippen LogP contribution is 2.29. The van der Waals surface area contributed by atoms with Gasteiger partial charge in [-0.15, -0.1) is 0 Å². The van der Waals surface area contributed by atoms with Crippen LogP contribution in [0.5, 0.6) is 0 Å². The molecule has 0 amide bonds. The quantitative estimate of drug-likeness (QED) is 0.835. The summed E-state index contributed by atoms with van der Waals surface area (Å²) in [5, 5.41) is 0. The lowest BCUT2D eigenvalue weighted by atomic mass is 10.1. The number of fused-ring (bicyclic) bond motifs is 1. The van der Waals surface area contributed by atoms with E-state index in [0.29, 0.717) is 0 Å². The fourth-order valence-corrected chi connectivity index (χ4v) is 3.20. The number of anilines is 1. The summed E-state index contributed by atoms with van der Waals surface area (Å²) < 4.78 is 5.50. The van der Waals surface area contributed by atoms with Crippen LogP contribution in [0.2, 0.25) is 0 Å². The zero-order valence-electron chi connectivity index (χ0n) is 13.4. The summed E-state index contributed by atoms with van der Waals surface area (Å²) in [5.74, 6) is 1.88. The van der Waals surface area contributed by atoms with Crippen LogP contribution in [0, 0.1) is 0 Å². The van der Waals surface area contributed by atoms with Gasteiger partial charge in [0.2, 0.25) is 0 Å². The molecule has 1 saturated heterocycles. The van der Waals surface area contributed by atoms with Gasteiger partial charge >= 0.3 is 0 Å². The first-order valence-corrected chi connectivity index (χ1v) is 8.13. The Labute approximate surface area is 136 Å². The molecule has 4 heterocycles. The largest absolute Gasteiger partial charge is 0.378 e. The average Bonchev–Trinajstić information content (AvgIpc) is 2.62. The van der Waals surface area contributed by atoms with E-state index in [4.69, 9.17) is 14.7 Å². The van der Waals surface area contributed by atoms with E-state index in [1.165, 1.54) is 11.3 Å². The molecule has 6 nitrogen and oxygen atoms in total. The lowest BCUT2D eigenvalue weighted by Gasteiger charge is -2.33. The number of rotatable bonds is 2. The van der Waals surface area contributed by atoms with E-state index in [1.54, 1.807) is 12.4 Å². The minimum absolute atomic E-state index is 0.763. The Morgan fingerprint density at radius 2 is 1.83 bits per heavy atom. The summed E-state index contributed by atoms with van der Waals surface area (Å²) >= 11 is 0.